The van der Waals surface area contributed by atoms with Crippen molar-refractivity contribution in [3.63, 3.8) is 0 Å². The number of hydrogen-bond donors (Lipinski definition) is 1. The van der Waals surface area contributed by atoms with E-state index in [-0.39, 0.29) is 13.2 Å². The molecule has 1 N–H and O–H groups in total. The third-order valence-corrected chi connectivity index (χ3v) is 3.68. The lowest BCUT2D eigenvalue weighted by atomic mass is 9.95. The minimum Gasteiger partial charge on any atom is -0.459 e. The second-order valence-corrected chi connectivity index (χ2v) is 5.72. The number of carbonyl (C=O) groups excluding carboxylic acids is 1. The van der Waals surface area contributed by atoms with Crippen molar-refractivity contribution < 1.29 is 24.1 Å². The predicted octanol–water partition coefficient (Wildman–Crippen LogP) is 2.14. The lowest BCUT2D eigenvalue weighted by molar-refractivity contribution is -0.178. The van der Waals surface area contributed by atoms with Gasteiger partial charge in [-0.05, 0) is 32.4 Å². The summed E-state index contributed by atoms with van der Waals surface area (Å²) in [6.07, 6.45) is -0.111. The number of carbonyl (C=O) groups is 1. The highest BCUT2D eigenvalue weighted by molar-refractivity contribution is 5.89. The van der Waals surface area contributed by atoms with Crippen LogP contribution in [0.4, 0.5) is 0 Å². The molecule has 21 heavy (non-hydrogen) atoms. The Morgan fingerprint density at radius 3 is 2.62 bits per heavy atom. The molecule has 0 radical (unpaired) electrons. The maximum absolute atomic E-state index is 11.9. The van der Waals surface area contributed by atoms with Crippen LogP contribution in [0.1, 0.15) is 37.6 Å². The van der Waals surface area contributed by atoms with Gasteiger partial charge in [-0.1, -0.05) is 25.1 Å². The van der Waals surface area contributed by atoms with Crippen LogP contribution in [0, 0.1) is 0 Å². The van der Waals surface area contributed by atoms with E-state index in [9.17, 15) is 9.90 Å². The second-order valence-electron chi connectivity index (χ2n) is 5.72. The van der Waals surface area contributed by atoms with Gasteiger partial charge in [-0.25, -0.2) is 4.79 Å². The summed E-state index contributed by atoms with van der Waals surface area (Å²) in [4.78, 5) is 11.9. The monoisotopic (exact) mass is 294 g/mol. The van der Waals surface area contributed by atoms with Gasteiger partial charge in [0.1, 0.15) is 18.3 Å². The SMILES string of the molecule is CC[C@](O)(COC(=O)c1ccccc1)[C@@H]1COC(C)(C)O1. The summed E-state index contributed by atoms with van der Waals surface area (Å²) in [6.45, 7) is 5.56. The minimum atomic E-state index is -1.25. The standard InChI is InChI=1S/C16H22O5/c1-4-16(18,13-10-20-15(2,3)21-13)11-19-14(17)12-8-6-5-7-9-12/h5-9,13,18H,4,10-11H2,1-3H3/t13-,16-/m0/s1. The lowest BCUT2D eigenvalue weighted by Gasteiger charge is -2.31. The topological polar surface area (TPSA) is 65.0 Å². The molecule has 1 fully saturated rings. The fourth-order valence-corrected chi connectivity index (χ4v) is 2.22. The van der Waals surface area contributed by atoms with E-state index < -0.39 is 23.5 Å². The maximum Gasteiger partial charge on any atom is 0.338 e. The molecule has 1 aromatic rings. The van der Waals surface area contributed by atoms with Crippen molar-refractivity contribution in [2.75, 3.05) is 13.2 Å². The Bertz CT molecular complexity index is 485. The zero-order valence-corrected chi connectivity index (χ0v) is 12.7. The summed E-state index contributed by atoms with van der Waals surface area (Å²) < 4.78 is 16.4. The molecular weight excluding hydrogens is 272 g/mol. The number of ether oxygens (including phenoxy) is 3. The molecule has 116 valence electrons. The van der Waals surface area contributed by atoms with Crippen molar-refractivity contribution in [1.82, 2.24) is 0 Å². The van der Waals surface area contributed by atoms with Crippen LogP contribution in [0.5, 0.6) is 0 Å². The van der Waals surface area contributed by atoms with Crippen molar-refractivity contribution >= 4 is 5.97 Å². The zero-order valence-electron chi connectivity index (χ0n) is 12.7. The van der Waals surface area contributed by atoms with Crippen molar-refractivity contribution in [1.29, 1.82) is 0 Å². The van der Waals surface area contributed by atoms with Crippen molar-refractivity contribution in [3.8, 4) is 0 Å². The zero-order chi connectivity index (χ0) is 15.5. The molecule has 1 heterocycles. The van der Waals surface area contributed by atoms with Crippen LogP contribution in [0.25, 0.3) is 0 Å². The van der Waals surface area contributed by atoms with Gasteiger partial charge < -0.3 is 19.3 Å². The van der Waals surface area contributed by atoms with Crippen LogP contribution < -0.4 is 0 Å². The third kappa shape index (κ3) is 3.81. The Labute approximate surface area is 124 Å². The van der Waals surface area contributed by atoms with Crippen molar-refractivity contribution in [2.24, 2.45) is 0 Å². The normalized spacial score (nSPS) is 23.5. The number of hydrogen-bond acceptors (Lipinski definition) is 5. The summed E-state index contributed by atoms with van der Waals surface area (Å²) in [7, 11) is 0. The summed E-state index contributed by atoms with van der Waals surface area (Å²) in [6, 6.07) is 8.69. The Morgan fingerprint density at radius 2 is 2.10 bits per heavy atom. The predicted molar refractivity (Wildman–Crippen MR) is 76.9 cm³/mol. The van der Waals surface area contributed by atoms with Gasteiger partial charge in [0.15, 0.2) is 5.79 Å². The van der Waals surface area contributed by atoms with Crippen LogP contribution in [0.15, 0.2) is 30.3 Å². The van der Waals surface area contributed by atoms with Gasteiger partial charge in [-0.2, -0.15) is 0 Å². The largest absolute Gasteiger partial charge is 0.459 e. The molecule has 0 amide bonds. The van der Waals surface area contributed by atoms with Crippen LogP contribution in [-0.2, 0) is 14.2 Å². The molecule has 2 rings (SSSR count). The first-order valence-electron chi connectivity index (χ1n) is 7.12. The molecule has 2 atom stereocenters. The molecule has 1 aromatic carbocycles. The molecule has 0 spiro atoms. The number of esters is 1. The van der Waals surface area contributed by atoms with Gasteiger partial charge in [0.05, 0.1) is 12.2 Å². The fourth-order valence-electron chi connectivity index (χ4n) is 2.22. The molecule has 0 bridgehead atoms. The summed E-state index contributed by atoms with van der Waals surface area (Å²) >= 11 is 0. The first-order chi connectivity index (χ1) is 9.86. The fraction of sp³-hybridized carbons (Fsp3) is 0.562. The summed E-state index contributed by atoms with van der Waals surface area (Å²) in [5.74, 6) is -1.18. The van der Waals surface area contributed by atoms with Gasteiger partial charge in [0.25, 0.3) is 0 Å². The van der Waals surface area contributed by atoms with Crippen LogP contribution in [-0.4, -0.2) is 41.8 Å². The van der Waals surface area contributed by atoms with Crippen molar-refractivity contribution in [3.05, 3.63) is 35.9 Å². The number of aliphatic hydroxyl groups is 1. The van der Waals surface area contributed by atoms with E-state index >= 15 is 0 Å². The minimum absolute atomic E-state index is 0.124. The smallest absolute Gasteiger partial charge is 0.338 e. The molecular formula is C16H22O5. The molecule has 1 saturated heterocycles. The van der Waals surface area contributed by atoms with E-state index in [1.807, 2.05) is 13.0 Å². The second kappa shape index (κ2) is 6.13. The average Bonchev–Trinajstić information content (AvgIpc) is 2.86. The Kier molecular flexibility index (Phi) is 4.66. The third-order valence-electron chi connectivity index (χ3n) is 3.68. The van der Waals surface area contributed by atoms with Gasteiger partial charge in [0.2, 0.25) is 0 Å². The van der Waals surface area contributed by atoms with Crippen LogP contribution in [0.2, 0.25) is 0 Å². The lowest BCUT2D eigenvalue weighted by Crippen LogP contribution is -2.48. The van der Waals surface area contributed by atoms with E-state index in [4.69, 9.17) is 14.2 Å². The molecule has 1 aliphatic rings. The Morgan fingerprint density at radius 1 is 1.43 bits per heavy atom. The van der Waals surface area contributed by atoms with Gasteiger partial charge in [-0.15, -0.1) is 0 Å². The highest BCUT2D eigenvalue weighted by Crippen LogP contribution is 2.31. The highest BCUT2D eigenvalue weighted by atomic mass is 16.7. The first-order valence-corrected chi connectivity index (χ1v) is 7.12. The first kappa shape index (κ1) is 15.9. The van der Waals surface area contributed by atoms with Crippen molar-refractivity contribution in [2.45, 2.75) is 44.7 Å². The van der Waals surface area contributed by atoms with E-state index in [0.717, 1.165) is 0 Å². The van der Waals surface area contributed by atoms with E-state index in [1.54, 1.807) is 38.1 Å². The van der Waals surface area contributed by atoms with Crippen LogP contribution >= 0.6 is 0 Å². The Hall–Kier alpha value is -1.43. The van der Waals surface area contributed by atoms with E-state index in [1.165, 1.54) is 0 Å². The Balaban J connectivity index is 1.97. The number of benzene rings is 1. The maximum atomic E-state index is 11.9. The molecule has 5 nitrogen and oxygen atoms in total. The highest BCUT2D eigenvalue weighted by Gasteiger charge is 2.46. The molecule has 0 aliphatic carbocycles. The van der Waals surface area contributed by atoms with Gasteiger partial charge >= 0.3 is 5.97 Å². The summed E-state index contributed by atoms with van der Waals surface area (Å²) in [5.41, 5.74) is -0.794. The molecule has 0 saturated carbocycles. The molecule has 0 aromatic heterocycles. The van der Waals surface area contributed by atoms with Gasteiger partial charge in [-0.3, -0.25) is 0 Å². The molecule has 0 unspecified atom stereocenters. The van der Waals surface area contributed by atoms with Crippen LogP contribution in [0.3, 0.4) is 0 Å². The molecule has 5 heteroatoms. The quantitative estimate of drug-likeness (QED) is 0.843. The van der Waals surface area contributed by atoms with E-state index in [2.05, 4.69) is 0 Å². The van der Waals surface area contributed by atoms with E-state index in [0.29, 0.717) is 12.0 Å². The summed E-state index contributed by atoms with van der Waals surface area (Å²) in [5, 5.41) is 10.7. The average molecular weight is 294 g/mol. The number of rotatable bonds is 5. The van der Waals surface area contributed by atoms with Gasteiger partial charge in [0, 0.05) is 0 Å². The molecule has 1 aliphatic heterocycles.